The Labute approximate surface area is 108 Å². The maximum Gasteiger partial charge on any atom is 0.231 e. The van der Waals surface area contributed by atoms with E-state index in [1.165, 1.54) is 11.3 Å². The van der Waals surface area contributed by atoms with Crippen LogP contribution in [0.5, 0.6) is 11.5 Å². The largest absolute Gasteiger partial charge is 0.454 e. The van der Waals surface area contributed by atoms with Crippen molar-refractivity contribution in [1.29, 1.82) is 5.26 Å². The standard InChI is InChI=1S/C13H10N2O2S/c1-7-3-10-11(17-6-16-10)4-9(7)13-15-8(2)12(5-14)18-13/h3-4H,6H2,1-2H3. The van der Waals surface area contributed by atoms with Gasteiger partial charge in [0.15, 0.2) is 11.5 Å². The Balaban J connectivity index is 2.14. The second-order valence-corrected chi connectivity index (χ2v) is 5.06. The third-order valence-corrected chi connectivity index (χ3v) is 3.94. The number of ether oxygens (including phenoxy) is 2. The van der Waals surface area contributed by atoms with Crippen molar-refractivity contribution >= 4 is 11.3 Å². The number of hydrogen-bond donors (Lipinski definition) is 0. The Morgan fingerprint density at radius 1 is 1.28 bits per heavy atom. The van der Waals surface area contributed by atoms with Crippen molar-refractivity contribution in [3.63, 3.8) is 0 Å². The van der Waals surface area contributed by atoms with E-state index in [9.17, 15) is 0 Å². The van der Waals surface area contributed by atoms with Gasteiger partial charge in [-0.3, -0.25) is 0 Å². The zero-order chi connectivity index (χ0) is 12.7. The van der Waals surface area contributed by atoms with E-state index >= 15 is 0 Å². The molecule has 1 aromatic heterocycles. The fourth-order valence-electron chi connectivity index (χ4n) is 1.89. The van der Waals surface area contributed by atoms with Gasteiger partial charge in [0.25, 0.3) is 0 Å². The summed E-state index contributed by atoms with van der Waals surface area (Å²) in [5.74, 6) is 1.51. The SMILES string of the molecule is Cc1cc2c(cc1-c1nc(C)c(C#N)s1)OCO2. The van der Waals surface area contributed by atoms with Gasteiger partial charge in [0, 0.05) is 5.56 Å². The van der Waals surface area contributed by atoms with Gasteiger partial charge in [-0.05, 0) is 31.5 Å². The lowest BCUT2D eigenvalue weighted by Crippen LogP contribution is -1.92. The van der Waals surface area contributed by atoms with Crippen LogP contribution in [0.15, 0.2) is 12.1 Å². The molecule has 0 amide bonds. The van der Waals surface area contributed by atoms with Crippen LogP contribution in [0.1, 0.15) is 16.1 Å². The quantitative estimate of drug-likeness (QED) is 0.789. The Bertz CT molecular complexity index is 670. The van der Waals surface area contributed by atoms with Crippen LogP contribution < -0.4 is 9.47 Å². The first kappa shape index (κ1) is 11.1. The van der Waals surface area contributed by atoms with E-state index < -0.39 is 0 Å². The number of hydrogen-bond acceptors (Lipinski definition) is 5. The van der Waals surface area contributed by atoms with Crippen LogP contribution >= 0.6 is 11.3 Å². The highest BCUT2D eigenvalue weighted by Crippen LogP contribution is 2.39. The first-order chi connectivity index (χ1) is 8.69. The Kier molecular flexibility index (Phi) is 2.46. The molecule has 5 heteroatoms. The fourth-order valence-corrected chi connectivity index (χ4v) is 2.83. The second kappa shape index (κ2) is 4.00. The van der Waals surface area contributed by atoms with Crippen molar-refractivity contribution in [3.8, 4) is 28.1 Å². The smallest absolute Gasteiger partial charge is 0.231 e. The predicted octanol–water partition coefficient (Wildman–Crippen LogP) is 3.03. The van der Waals surface area contributed by atoms with Gasteiger partial charge in [-0.25, -0.2) is 4.98 Å². The van der Waals surface area contributed by atoms with Gasteiger partial charge in [-0.15, -0.1) is 11.3 Å². The lowest BCUT2D eigenvalue weighted by atomic mass is 10.1. The summed E-state index contributed by atoms with van der Waals surface area (Å²) in [5, 5.41) is 9.83. The summed E-state index contributed by atoms with van der Waals surface area (Å²) in [7, 11) is 0. The molecule has 18 heavy (non-hydrogen) atoms. The highest BCUT2D eigenvalue weighted by atomic mass is 32.1. The van der Waals surface area contributed by atoms with Crippen molar-refractivity contribution in [3.05, 3.63) is 28.3 Å². The number of nitriles is 1. The van der Waals surface area contributed by atoms with Crippen LogP contribution in [0.4, 0.5) is 0 Å². The lowest BCUT2D eigenvalue weighted by Gasteiger charge is -2.04. The number of aryl methyl sites for hydroxylation is 2. The second-order valence-electron chi connectivity index (χ2n) is 4.07. The summed E-state index contributed by atoms with van der Waals surface area (Å²) in [6.45, 7) is 4.11. The van der Waals surface area contributed by atoms with Crippen LogP contribution in [-0.2, 0) is 0 Å². The summed E-state index contributed by atoms with van der Waals surface area (Å²) in [6, 6.07) is 6.03. The van der Waals surface area contributed by atoms with E-state index in [0.717, 1.165) is 33.3 Å². The third kappa shape index (κ3) is 1.62. The first-order valence-electron chi connectivity index (χ1n) is 5.47. The van der Waals surface area contributed by atoms with Gasteiger partial charge in [0.1, 0.15) is 16.0 Å². The Morgan fingerprint density at radius 2 is 2.00 bits per heavy atom. The van der Waals surface area contributed by atoms with Crippen LogP contribution in [0.25, 0.3) is 10.6 Å². The molecular weight excluding hydrogens is 248 g/mol. The molecule has 0 saturated carbocycles. The molecule has 0 aliphatic carbocycles. The van der Waals surface area contributed by atoms with Crippen LogP contribution in [0.2, 0.25) is 0 Å². The average Bonchev–Trinajstić information content (AvgIpc) is 2.93. The van der Waals surface area contributed by atoms with Crippen molar-refractivity contribution in [2.24, 2.45) is 0 Å². The van der Waals surface area contributed by atoms with Gasteiger partial charge >= 0.3 is 0 Å². The first-order valence-corrected chi connectivity index (χ1v) is 6.29. The minimum atomic E-state index is 0.262. The highest BCUT2D eigenvalue weighted by molar-refractivity contribution is 7.15. The minimum absolute atomic E-state index is 0.262. The topological polar surface area (TPSA) is 55.1 Å². The van der Waals surface area contributed by atoms with E-state index in [-0.39, 0.29) is 6.79 Å². The zero-order valence-corrected chi connectivity index (χ0v) is 10.8. The maximum absolute atomic E-state index is 8.98. The van der Waals surface area contributed by atoms with E-state index in [2.05, 4.69) is 11.1 Å². The number of aromatic nitrogens is 1. The van der Waals surface area contributed by atoms with Crippen LogP contribution in [0, 0.1) is 25.2 Å². The molecule has 0 atom stereocenters. The number of fused-ring (bicyclic) bond motifs is 1. The fraction of sp³-hybridized carbons (Fsp3) is 0.231. The lowest BCUT2D eigenvalue weighted by molar-refractivity contribution is 0.174. The Hall–Kier alpha value is -2.06. The van der Waals surface area contributed by atoms with Crippen molar-refractivity contribution < 1.29 is 9.47 Å². The summed E-state index contributed by atoms with van der Waals surface area (Å²) >= 11 is 1.40. The number of thiazole rings is 1. The predicted molar refractivity (Wildman–Crippen MR) is 67.9 cm³/mol. The van der Waals surface area contributed by atoms with Crippen molar-refractivity contribution in [1.82, 2.24) is 4.98 Å². The van der Waals surface area contributed by atoms with Crippen LogP contribution in [-0.4, -0.2) is 11.8 Å². The molecule has 1 aliphatic rings. The van der Waals surface area contributed by atoms with Gasteiger partial charge in [-0.1, -0.05) is 0 Å². The number of rotatable bonds is 1. The molecule has 0 bridgehead atoms. The molecular formula is C13H10N2O2S. The third-order valence-electron chi connectivity index (χ3n) is 2.85. The van der Waals surface area contributed by atoms with Gasteiger partial charge in [0.2, 0.25) is 6.79 Å². The normalized spacial score (nSPS) is 12.5. The Morgan fingerprint density at radius 3 is 2.67 bits per heavy atom. The van der Waals surface area contributed by atoms with Crippen molar-refractivity contribution in [2.45, 2.75) is 13.8 Å². The number of benzene rings is 1. The summed E-state index contributed by atoms with van der Waals surface area (Å²) in [5.41, 5.74) is 2.83. The van der Waals surface area contributed by atoms with E-state index in [1.54, 1.807) is 0 Å². The van der Waals surface area contributed by atoms with Gasteiger partial charge in [0.05, 0.1) is 5.69 Å². The highest BCUT2D eigenvalue weighted by Gasteiger charge is 2.18. The van der Waals surface area contributed by atoms with E-state index in [1.807, 2.05) is 26.0 Å². The summed E-state index contributed by atoms with van der Waals surface area (Å²) in [6.07, 6.45) is 0. The zero-order valence-electron chi connectivity index (χ0n) is 9.98. The molecule has 0 radical (unpaired) electrons. The molecule has 2 aromatic rings. The molecule has 1 aliphatic heterocycles. The summed E-state index contributed by atoms with van der Waals surface area (Å²) < 4.78 is 10.7. The van der Waals surface area contributed by atoms with Gasteiger partial charge < -0.3 is 9.47 Å². The molecule has 3 rings (SSSR count). The molecule has 2 heterocycles. The molecule has 0 N–H and O–H groups in total. The molecule has 0 saturated heterocycles. The van der Waals surface area contributed by atoms with Crippen molar-refractivity contribution in [2.75, 3.05) is 6.79 Å². The molecule has 90 valence electrons. The van der Waals surface area contributed by atoms with E-state index in [0.29, 0.717) is 4.88 Å². The van der Waals surface area contributed by atoms with E-state index in [4.69, 9.17) is 14.7 Å². The summed E-state index contributed by atoms with van der Waals surface area (Å²) in [4.78, 5) is 5.09. The minimum Gasteiger partial charge on any atom is -0.454 e. The molecule has 0 unspecified atom stereocenters. The molecule has 0 fully saturated rings. The average molecular weight is 258 g/mol. The molecule has 0 spiro atoms. The number of nitrogens with zero attached hydrogens (tertiary/aromatic N) is 2. The monoisotopic (exact) mass is 258 g/mol. The molecule has 1 aromatic carbocycles. The maximum atomic E-state index is 8.98. The van der Waals surface area contributed by atoms with Crippen LogP contribution in [0.3, 0.4) is 0 Å². The molecule has 4 nitrogen and oxygen atoms in total. The van der Waals surface area contributed by atoms with Gasteiger partial charge in [-0.2, -0.15) is 5.26 Å².